The average molecular weight is 319 g/mol. The zero-order valence-electron chi connectivity index (χ0n) is 12.3. The molecule has 0 saturated carbocycles. The fourth-order valence-electron chi connectivity index (χ4n) is 1.96. The molecule has 2 aromatic carbocycles. The molecule has 3 nitrogen and oxygen atoms in total. The van der Waals surface area contributed by atoms with E-state index in [1.54, 1.807) is 19.1 Å². The highest BCUT2D eigenvalue weighted by atomic mass is 32.2. The summed E-state index contributed by atoms with van der Waals surface area (Å²) in [5, 5.41) is 2.12. The summed E-state index contributed by atoms with van der Waals surface area (Å²) in [6.07, 6.45) is 0. The maximum atomic E-state index is 13.1. The zero-order valence-corrected chi connectivity index (χ0v) is 13.1. The summed E-state index contributed by atoms with van der Waals surface area (Å²) in [5.74, 6) is -0.466. The SMILES string of the molecule is C[C@H](C(=O)NCc1ccccc1)[S@](=O)Cc1cccc(F)c1. The van der Waals surface area contributed by atoms with Crippen molar-refractivity contribution in [3.05, 3.63) is 71.5 Å². The second-order valence-corrected chi connectivity index (χ2v) is 6.76. The van der Waals surface area contributed by atoms with Crippen molar-refractivity contribution in [3.8, 4) is 0 Å². The predicted molar refractivity (Wildman–Crippen MR) is 86.0 cm³/mol. The first-order chi connectivity index (χ1) is 10.6. The van der Waals surface area contributed by atoms with Crippen LogP contribution < -0.4 is 5.32 Å². The first-order valence-electron chi connectivity index (χ1n) is 6.99. The number of benzene rings is 2. The Bertz CT molecular complexity index is 661. The molecule has 0 aliphatic carbocycles. The Morgan fingerprint density at radius 1 is 1.14 bits per heavy atom. The normalized spacial score (nSPS) is 13.4. The molecule has 5 heteroatoms. The Kier molecular flexibility index (Phi) is 5.83. The number of carbonyl (C=O) groups excluding carboxylic acids is 1. The van der Waals surface area contributed by atoms with E-state index >= 15 is 0 Å². The van der Waals surface area contributed by atoms with Crippen molar-refractivity contribution in [1.82, 2.24) is 5.32 Å². The summed E-state index contributed by atoms with van der Waals surface area (Å²) in [7, 11) is -1.39. The van der Waals surface area contributed by atoms with Crippen LogP contribution in [0.1, 0.15) is 18.1 Å². The molecule has 0 aliphatic rings. The number of hydrogen-bond acceptors (Lipinski definition) is 2. The smallest absolute Gasteiger partial charge is 0.235 e. The Balaban J connectivity index is 1.88. The monoisotopic (exact) mass is 319 g/mol. The van der Waals surface area contributed by atoms with E-state index < -0.39 is 16.0 Å². The summed E-state index contributed by atoms with van der Waals surface area (Å²) in [6.45, 7) is 2.02. The summed E-state index contributed by atoms with van der Waals surface area (Å²) < 4.78 is 25.3. The Morgan fingerprint density at radius 2 is 1.82 bits per heavy atom. The van der Waals surface area contributed by atoms with Crippen LogP contribution in [0.2, 0.25) is 0 Å². The molecular weight excluding hydrogens is 301 g/mol. The molecule has 0 saturated heterocycles. The minimum absolute atomic E-state index is 0.164. The molecule has 0 aromatic heterocycles. The lowest BCUT2D eigenvalue weighted by atomic mass is 10.2. The third kappa shape index (κ3) is 4.77. The van der Waals surface area contributed by atoms with Gasteiger partial charge in [-0.05, 0) is 30.2 Å². The van der Waals surface area contributed by atoms with Gasteiger partial charge >= 0.3 is 0 Å². The molecule has 2 rings (SSSR count). The molecule has 0 heterocycles. The summed E-state index contributed by atoms with van der Waals surface area (Å²) >= 11 is 0. The Morgan fingerprint density at radius 3 is 2.50 bits per heavy atom. The van der Waals surface area contributed by atoms with E-state index in [4.69, 9.17) is 0 Å². The van der Waals surface area contributed by atoms with Gasteiger partial charge in [-0.25, -0.2) is 4.39 Å². The highest BCUT2D eigenvalue weighted by molar-refractivity contribution is 7.85. The Hall–Kier alpha value is -2.01. The fraction of sp³-hybridized carbons (Fsp3) is 0.235. The van der Waals surface area contributed by atoms with Crippen LogP contribution in [0.5, 0.6) is 0 Å². The van der Waals surface area contributed by atoms with E-state index in [0.717, 1.165) is 5.56 Å². The topological polar surface area (TPSA) is 46.2 Å². The Labute approximate surface area is 132 Å². The van der Waals surface area contributed by atoms with Gasteiger partial charge in [0.25, 0.3) is 0 Å². The largest absolute Gasteiger partial charge is 0.351 e. The quantitative estimate of drug-likeness (QED) is 0.890. The van der Waals surface area contributed by atoms with Gasteiger partial charge in [-0.15, -0.1) is 0 Å². The van der Waals surface area contributed by atoms with Gasteiger partial charge in [-0.2, -0.15) is 0 Å². The first-order valence-corrected chi connectivity index (χ1v) is 8.37. The van der Waals surface area contributed by atoms with E-state index in [1.807, 2.05) is 30.3 Å². The molecule has 0 spiro atoms. The zero-order chi connectivity index (χ0) is 15.9. The second kappa shape index (κ2) is 7.84. The minimum atomic E-state index is -1.39. The summed E-state index contributed by atoms with van der Waals surface area (Å²) in [5.41, 5.74) is 1.61. The maximum Gasteiger partial charge on any atom is 0.235 e. The minimum Gasteiger partial charge on any atom is -0.351 e. The van der Waals surface area contributed by atoms with Gasteiger partial charge in [0.2, 0.25) is 5.91 Å². The summed E-state index contributed by atoms with van der Waals surface area (Å²) in [6, 6.07) is 15.5. The molecule has 0 fully saturated rings. The lowest BCUT2D eigenvalue weighted by molar-refractivity contribution is -0.120. The third-order valence-electron chi connectivity index (χ3n) is 3.27. The lowest BCUT2D eigenvalue weighted by Crippen LogP contribution is -2.35. The fourth-order valence-corrected chi connectivity index (χ4v) is 3.04. The second-order valence-electron chi connectivity index (χ2n) is 5.00. The van der Waals surface area contributed by atoms with Crippen molar-refractivity contribution < 1.29 is 13.4 Å². The van der Waals surface area contributed by atoms with Crippen LogP contribution in [0.3, 0.4) is 0 Å². The molecule has 0 bridgehead atoms. The van der Waals surface area contributed by atoms with Gasteiger partial charge in [-0.3, -0.25) is 9.00 Å². The van der Waals surface area contributed by atoms with Crippen molar-refractivity contribution in [2.75, 3.05) is 0 Å². The van der Waals surface area contributed by atoms with Crippen LogP contribution in [0.25, 0.3) is 0 Å². The third-order valence-corrected chi connectivity index (χ3v) is 4.89. The highest BCUT2D eigenvalue weighted by Crippen LogP contribution is 2.10. The van der Waals surface area contributed by atoms with Crippen molar-refractivity contribution in [2.24, 2.45) is 0 Å². The first kappa shape index (κ1) is 16.4. The van der Waals surface area contributed by atoms with Gasteiger partial charge < -0.3 is 5.32 Å². The molecule has 2 aromatic rings. The molecule has 1 amide bonds. The van der Waals surface area contributed by atoms with Gasteiger partial charge in [0.15, 0.2) is 0 Å². The van der Waals surface area contributed by atoms with Crippen LogP contribution in [-0.2, 0) is 27.9 Å². The standard InChI is InChI=1S/C17H18FNO2S/c1-13(17(20)19-11-14-6-3-2-4-7-14)22(21)12-15-8-5-9-16(18)10-15/h2-10,13H,11-12H2,1H3,(H,19,20)/t13-,22-/m1/s1. The summed E-state index contributed by atoms with van der Waals surface area (Å²) in [4.78, 5) is 12.0. The van der Waals surface area contributed by atoms with Gasteiger partial charge in [-0.1, -0.05) is 42.5 Å². The molecule has 0 unspecified atom stereocenters. The number of carbonyl (C=O) groups is 1. The van der Waals surface area contributed by atoms with E-state index in [2.05, 4.69) is 5.32 Å². The highest BCUT2D eigenvalue weighted by Gasteiger charge is 2.20. The molecule has 2 atom stereocenters. The van der Waals surface area contributed by atoms with Crippen LogP contribution in [0, 0.1) is 5.82 Å². The van der Waals surface area contributed by atoms with E-state index in [-0.39, 0.29) is 17.5 Å². The van der Waals surface area contributed by atoms with Gasteiger partial charge in [0.05, 0.1) is 0 Å². The number of hydrogen-bond donors (Lipinski definition) is 1. The number of halogens is 1. The number of nitrogens with one attached hydrogen (secondary N) is 1. The van der Waals surface area contributed by atoms with Crippen LogP contribution in [-0.4, -0.2) is 15.4 Å². The molecule has 0 aliphatic heterocycles. The number of amides is 1. The number of rotatable bonds is 6. The molecule has 22 heavy (non-hydrogen) atoms. The lowest BCUT2D eigenvalue weighted by Gasteiger charge is -2.12. The van der Waals surface area contributed by atoms with Crippen molar-refractivity contribution in [2.45, 2.75) is 24.5 Å². The van der Waals surface area contributed by atoms with Gasteiger partial charge in [0.1, 0.15) is 11.1 Å². The van der Waals surface area contributed by atoms with Gasteiger partial charge in [0, 0.05) is 23.1 Å². The van der Waals surface area contributed by atoms with Crippen LogP contribution >= 0.6 is 0 Å². The van der Waals surface area contributed by atoms with Crippen molar-refractivity contribution in [1.29, 1.82) is 0 Å². The average Bonchev–Trinajstić information content (AvgIpc) is 2.53. The maximum absolute atomic E-state index is 13.1. The molecule has 0 radical (unpaired) electrons. The van der Waals surface area contributed by atoms with Crippen molar-refractivity contribution in [3.63, 3.8) is 0 Å². The van der Waals surface area contributed by atoms with Crippen molar-refractivity contribution >= 4 is 16.7 Å². The molecular formula is C17H18FNO2S. The van der Waals surface area contributed by atoms with Crippen LogP contribution in [0.15, 0.2) is 54.6 Å². The van der Waals surface area contributed by atoms with E-state index in [1.165, 1.54) is 12.1 Å². The van der Waals surface area contributed by atoms with Crippen LogP contribution in [0.4, 0.5) is 4.39 Å². The molecule has 116 valence electrons. The van der Waals surface area contributed by atoms with E-state index in [0.29, 0.717) is 12.1 Å². The van der Waals surface area contributed by atoms with E-state index in [9.17, 15) is 13.4 Å². The predicted octanol–water partition coefficient (Wildman–Crippen LogP) is 2.78. The molecule has 1 N–H and O–H groups in total.